The summed E-state index contributed by atoms with van der Waals surface area (Å²) in [5.74, 6) is 0.971. The second-order valence-electron chi connectivity index (χ2n) is 4.95. The lowest BCUT2D eigenvalue weighted by atomic mass is 9.84. The summed E-state index contributed by atoms with van der Waals surface area (Å²) >= 11 is 0. The van der Waals surface area contributed by atoms with Crippen molar-refractivity contribution in [2.45, 2.75) is 58.9 Å². The zero-order valence-corrected chi connectivity index (χ0v) is 10.2. The first-order valence-electron chi connectivity index (χ1n) is 6.23. The van der Waals surface area contributed by atoms with Crippen LogP contribution in [0.15, 0.2) is 6.07 Å². The van der Waals surface area contributed by atoms with Crippen molar-refractivity contribution in [2.75, 3.05) is 0 Å². The van der Waals surface area contributed by atoms with Gasteiger partial charge in [-0.2, -0.15) is 5.10 Å². The molecule has 1 aliphatic carbocycles. The molecule has 2 nitrogen and oxygen atoms in total. The third-order valence-electron chi connectivity index (χ3n) is 3.78. The molecule has 0 N–H and O–H groups in total. The second-order valence-corrected chi connectivity index (χ2v) is 4.95. The average Bonchev–Trinajstić information content (AvgIpc) is 2.58. The van der Waals surface area contributed by atoms with Crippen molar-refractivity contribution in [1.82, 2.24) is 9.78 Å². The van der Waals surface area contributed by atoms with E-state index < -0.39 is 0 Å². The first kappa shape index (κ1) is 10.7. The van der Waals surface area contributed by atoms with Gasteiger partial charge in [-0.25, -0.2) is 0 Å². The number of aryl methyl sites for hydroxylation is 2. The molecule has 1 saturated carbocycles. The van der Waals surface area contributed by atoms with E-state index in [4.69, 9.17) is 0 Å². The third-order valence-corrected chi connectivity index (χ3v) is 3.78. The summed E-state index contributed by atoms with van der Waals surface area (Å²) in [5.41, 5.74) is 2.48. The van der Waals surface area contributed by atoms with Crippen LogP contribution in [0.3, 0.4) is 0 Å². The highest BCUT2D eigenvalue weighted by Crippen LogP contribution is 2.33. The molecule has 0 unspecified atom stereocenters. The molecule has 1 fully saturated rings. The largest absolute Gasteiger partial charge is 0.267 e. The molecule has 0 spiro atoms. The maximum Gasteiger partial charge on any atom is 0.0596 e. The molecule has 0 aliphatic heterocycles. The van der Waals surface area contributed by atoms with Crippen molar-refractivity contribution in [3.63, 3.8) is 0 Å². The maximum atomic E-state index is 4.60. The first-order valence-corrected chi connectivity index (χ1v) is 6.23. The Labute approximate surface area is 92.7 Å². The van der Waals surface area contributed by atoms with E-state index in [0.717, 1.165) is 11.6 Å². The Morgan fingerprint density at radius 1 is 1.27 bits per heavy atom. The van der Waals surface area contributed by atoms with Crippen LogP contribution in [0.4, 0.5) is 0 Å². The van der Waals surface area contributed by atoms with Crippen molar-refractivity contribution in [2.24, 2.45) is 5.92 Å². The van der Waals surface area contributed by atoms with Crippen LogP contribution in [0, 0.1) is 19.8 Å². The molecule has 0 aromatic carbocycles. The lowest BCUT2D eigenvalue weighted by molar-refractivity contribution is 0.253. The first-order chi connectivity index (χ1) is 7.20. The highest BCUT2D eigenvalue weighted by Gasteiger charge is 2.22. The molecule has 1 aromatic rings. The molecule has 1 aliphatic rings. The molecule has 0 saturated heterocycles. The Morgan fingerprint density at radius 3 is 2.40 bits per heavy atom. The molecule has 0 bridgehead atoms. The Hall–Kier alpha value is -0.790. The van der Waals surface area contributed by atoms with Gasteiger partial charge in [0.25, 0.3) is 0 Å². The number of hydrogen-bond donors (Lipinski definition) is 0. The Balaban J connectivity index is 2.04. The third kappa shape index (κ3) is 2.24. The van der Waals surface area contributed by atoms with E-state index >= 15 is 0 Å². The number of rotatable bonds is 2. The lowest BCUT2D eigenvalue weighted by Gasteiger charge is -2.28. The van der Waals surface area contributed by atoms with Crippen molar-refractivity contribution >= 4 is 0 Å². The smallest absolute Gasteiger partial charge is 0.0596 e. The fourth-order valence-corrected chi connectivity index (χ4v) is 2.81. The Bertz CT molecular complexity index is 319. The minimum Gasteiger partial charge on any atom is -0.267 e. The van der Waals surface area contributed by atoms with E-state index in [2.05, 4.69) is 36.6 Å². The summed E-state index contributed by atoms with van der Waals surface area (Å²) < 4.78 is 2.25. The van der Waals surface area contributed by atoms with Gasteiger partial charge in [-0.05, 0) is 51.5 Å². The Morgan fingerprint density at radius 2 is 1.93 bits per heavy atom. The Kier molecular flexibility index (Phi) is 3.13. The van der Waals surface area contributed by atoms with Crippen LogP contribution in [0.5, 0.6) is 0 Å². The van der Waals surface area contributed by atoms with Gasteiger partial charge in [0.05, 0.1) is 11.7 Å². The van der Waals surface area contributed by atoms with Crippen LogP contribution in [-0.2, 0) is 0 Å². The zero-order valence-electron chi connectivity index (χ0n) is 10.2. The quantitative estimate of drug-likeness (QED) is 0.722. The number of nitrogens with zero attached hydrogens (tertiary/aromatic N) is 2. The van der Waals surface area contributed by atoms with Gasteiger partial charge in [0, 0.05) is 5.69 Å². The van der Waals surface area contributed by atoms with Crippen LogP contribution in [-0.4, -0.2) is 9.78 Å². The van der Waals surface area contributed by atoms with E-state index in [1.807, 2.05) is 0 Å². The molecule has 2 heteroatoms. The van der Waals surface area contributed by atoms with Crippen molar-refractivity contribution in [3.05, 3.63) is 17.5 Å². The van der Waals surface area contributed by atoms with Crippen LogP contribution < -0.4 is 0 Å². The van der Waals surface area contributed by atoms with Gasteiger partial charge in [0.1, 0.15) is 0 Å². The predicted molar refractivity (Wildman–Crippen MR) is 63.0 cm³/mol. The topological polar surface area (TPSA) is 17.8 Å². The standard InChI is InChI=1S/C13H22N2/c1-4-12-5-7-13(8-6-12)15-11(3)9-10(2)14-15/h9,12-13H,4-8H2,1-3H3. The molecule has 0 radical (unpaired) electrons. The van der Waals surface area contributed by atoms with Crippen molar-refractivity contribution < 1.29 is 0 Å². The fraction of sp³-hybridized carbons (Fsp3) is 0.769. The van der Waals surface area contributed by atoms with E-state index in [9.17, 15) is 0 Å². The summed E-state index contributed by atoms with van der Waals surface area (Å²) in [6, 6.07) is 2.85. The lowest BCUT2D eigenvalue weighted by Crippen LogP contribution is -2.19. The van der Waals surface area contributed by atoms with Gasteiger partial charge < -0.3 is 0 Å². The monoisotopic (exact) mass is 206 g/mol. The van der Waals surface area contributed by atoms with Gasteiger partial charge in [-0.3, -0.25) is 4.68 Å². The number of aromatic nitrogens is 2. The van der Waals surface area contributed by atoms with Crippen molar-refractivity contribution in [1.29, 1.82) is 0 Å². The summed E-state index contributed by atoms with van der Waals surface area (Å²) in [6.07, 6.45) is 6.77. The normalized spacial score (nSPS) is 26.9. The maximum absolute atomic E-state index is 4.60. The molecular formula is C13H22N2. The van der Waals surface area contributed by atoms with Crippen LogP contribution in [0.25, 0.3) is 0 Å². The second kappa shape index (κ2) is 4.38. The summed E-state index contributed by atoms with van der Waals surface area (Å²) in [7, 11) is 0. The van der Waals surface area contributed by atoms with Gasteiger partial charge in [0.2, 0.25) is 0 Å². The summed E-state index contributed by atoms with van der Waals surface area (Å²) in [6.45, 7) is 6.57. The highest BCUT2D eigenvalue weighted by molar-refractivity contribution is 5.07. The van der Waals surface area contributed by atoms with E-state index in [-0.39, 0.29) is 0 Å². The molecule has 0 amide bonds. The van der Waals surface area contributed by atoms with Gasteiger partial charge in [0.15, 0.2) is 0 Å². The average molecular weight is 206 g/mol. The van der Waals surface area contributed by atoms with Gasteiger partial charge in [-0.15, -0.1) is 0 Å². The molecule has 0 atom stereocenters. The van der Waals surface area contributed by atoms with Crippen LogP contribution in [0.2, 0.25) is 0 Å². The molecular weight excluding hydrogens is 184 g/mol. The summed E-state index contributed by atoms with van der Waals surface area (Å²) in [5, 5.41) is 4.60. The van der Waals surface area contributed by atoms with Crippen LogP contribution >= 0.6 is 0 Å². The fourth-order valence-electron chi connectivity index (χ4n) is 2.81. The minimum atomic E-state index is 0.668. The molecule has 1 heterocycles. The minimum absolute atomic E-state index is 0.668. The molecule has 15 heavy (non-hydrogen) atoms. The predicted octanol–water partition coefficient (Wildman–Crippen LogP) is 3.64. The highest BCUT2D eigenvalue weighted by atomic mass is 15.3. The van der Waals surface area contributed by atoms with E-state index in [1.165, 1.54) is 37.8 Å². The SMILES string of the molecule is CCC1CCC(n2nc(C)cc2C)CC1. The van der Waals surface area contributed by atoms with Crippen LogP contribution in [0.1, 0.15) is 56.5 Å². The number of hydrogen-bond acceptors (Lipinski definition) is 1. The van der Waals surface area contributed by atoms with Gasteiger partial charge >= 0.3 is 0 Å². The van der Waals surface area contributed by atoms with E-state index in [1.54, 1.807) is 0 Å². The molecule has 2 rings (SSSR count). The summed E-state index contributed by atoms with van der Waals surface area (Å²) in [4.78, 5) is 0. The molecule has 84 valence electrons. The van der Waals surface area contributed by atoms with Gasteiger partial charge in [-0.1, -0.05) is 13.3 Å². The molecule has 1 aromatic heterocycles. The zero-order chi connectivity index (χ0) is 10.8. The van der Waals surface area contributed by atoms with E-state index in [0.29, 0.717) is 6.04 Å². The van der Waals surface area contributed by atoms with Crippen molar-refractivity contribution in [3.8, 4) is 0 Å².